The normalized spacial score (nSPS) is 10.5. The fraction of sp³-hybridized carbons (Fsp3) is 0.143. The predicted molar refractivity (Wildman–Crippen MR) is 147 cm³/mol. The first-order valence-corrected chi connectivity index (χ1v) is 12.6. The average Bonchev–Trinajstić information content (AvgIpc) is 3.35. The second kappa shape index (κ2) is 11.9. The summed E-state index contributed by atoms with van der Waals surface area (Å²) in [5, 5.41) is 4.62. The Hall–Kier alpha value is -4.19. The molecule has 1 aromatic heterocycles. The van der Waals surface area contributed by atoms with Crippen LogP contribution in [0.25, 0.3) is 16.9 Å². The molecule has 0 atom stereocenters. The van der Waals surface area contributed by atoms with Crippen LogP contribution >= 0.6 is 22.6 Å². The van der Waals surface area contributed by atoms with Gasteiger partial charge in [-0.3, -0.25) is 0 Å². The van der Waals surface area contributed by atoms with Gasteiger partial charge in [-0.1, -0.05) is 36.4 Å². The van der Waals surface area contributed by atoms with E-state index in [1.54, 1.807) is 73.7 Å². The number of hydrogen-bond acceptors (Lipinski definition) is 8. The first-order valence-electron chi connectivity index (χ1n) is 11.5. The van der Waals surface area contributed by atoms with Gasteiger partial charge < -0.3 is 18.9 Å². The minimum absolute atomic E-state index is 0.0736. The number of para-hydroxylation sites is 1. The summed E-state index contributed by atoms with van der Waals surface area (Å²) in [6.45, 7) is 2.08. The Kier molecular flexibility index (Phi) is 8.41. The van der Waals surface area contributed by atoms with Crippen LogP contribution in [-0.4, -0.2) is 48.5 Å². The van der Waals surface area contributed by atoms with Crippen molar-refractivity contribution in [2.24, 2.45) is 0 Å². The number of hydrogen-bond donors (Lipinski definition) is 0. The zero-order chi connectivity index (χ0) is 27.2. The Balaban J connectivity index is 1.91. The van der Waals surface area contributed by atoms with Crippen LogP contribution in [0.5, 0.6) is 11.5 Å². The van der Waals surface area contributed by atoms with Crippen LogP contribution in [0.15, 0.2) is 72.8 Å². The Morgan fingerprint density at radius 1 is 0.868 bits per heavy atom. The van der Waals surface area contributed by atoms with Crippen molar-refractivity contribution < 1.29 is 33.3 Å². The fourth-order valence-corrected chi connectivity index (χ4v) is 4.46. The lowest BCUT2D eigenvalue weighted by Crippen LogP contribution is -2.15. The Morgan fingerprint density at radius 2 is 1.50 bits per heavy atom. The highest BCUT2D eigenvalue weighted by atomic mass is 127. The van der Waals surface area contributed by atoms with Gasteiger partial charge in [0.1, 0.15) is 11.3 Å². The fourth-order valence-electron chi connectivity index (χ4n) is 3.75. The smallest absolute Gasteiger partial charge is 0.357 e. The zero-order valence-corrected chi connectivity index (χ0v) is 22.9. The van der Waals surface area contributed by atoms with Gasteiger partial charge in [0.15, 0.2) is 17.2 Å². The molecule has 3 aromatic carbocycles. The van der Waals surface area contributed by atoms with E-state index in [4.69, 9.17) is 18.9 Å². The molecule has 0 aliphatic rings. The lowest BCUT2D eigenvalue weighted by Gasteiger charge is -2.14. The number of ether oxygens (including phenoxy) is 4. The van der Waals surface area contributed by atoms with Gasteiger partial charge in [0.25, 0.3) is 0 Å². The van der Waals surface area contributed by atoms with Crippen molar-refractivity contribution in [1.82, 2.24) is 9.78 Å². The topological polar surface area (TPSA) is 106 Å². The maximum Gasteiger partial charge on any atom is 0.357 e. The van der Waals surface area contributed by atoms with Gasteiger partial charge in [0.05, 0.1) is 35.6 Å². The second-order valence-electron chi connectivity index (χ2n) is 7.78. The van der Waals surface area contributed by atoms with Crippen molar-refractivity contribution in [2.75, 3.05) is 20.8 Å². The van der Waals surface area contributed by atoms with Crippen LogP contribution in [0.4, 0.5) is 0 Å². The zero-order valence-electron chi connectivity index (χ0n) is 20.8. The third-order valence-corrected chi connectivity index (χ3v) is 6.24. The highest BCUT2D eigenvalue weighted by Crippen LogP contribution is 2.39. The number of halogens is 1. The van der Waals surface area contributed by atoms with Gasteiger partial charge in [-0.05, 0) is 65.9 Å². The summed E-state index contributed by atoms with van der Waals surface area (Å²) < 4.78 is 23.4. The molecule has 4 aromatic rings. The van der Waals surface area contributed by atoms with E-state index in [9.17, 15) is 14.4 Å². The molecule has 4 rings (SSSR count). The minimum Gasteiger partial charge on any atom is -0.490 e. The summed E-state index contributed by atoms with van der Waals surface area (Å²) >= 11 is 2.02. The third-order valence-electron chi connectivity index (χ3n) is 5.44. The van der Waals surface area contributed by atoms with Crippen molar-refractivity contribution in [3.05, 3.63) is 93.2 Å². The maximum atomic E-state index is 13.0. The van der Waals surface area contributed by atoms with Crippen LogP contribution in [-0.2, 0) is 9.47 Å². The van der Waals surface area contributed by atoms with Crippen molar-refractivity contribution in [1.29, 1.82) is 0 Å². The molecule has 1 heterocycles. The molecule has 0 spiro atoms. The van der Waals surface area contributed by atoms with Crippen LogP contribution in [0.1, 0.15) is 38.1 Å². The molecule has 0 saturated carbocycles. The Labute approximate surface area is 232 Å². The number of nitrogens with zero attached hydrogens (tertiary/aromatic N) is 2. The Morgan fingerprint density at radius 3 is 2.11 bits per heavy atom. The predicted octanol–water partition coefficient (Wildman–Crippen LogP) is 5.34. The highest BCUT2D eigenvalue weighted by molar-refractivity contribution is 14.1. The first-order chi connectivity index (χ1) is 18.4. The van der Waals surface area contributed by atoms with E-state index in [1.165, 1.54) is 18.9 Å². The van der Waals surface area contributed by atoms with Crippen LogP contribution < -0.4 is 9.47 Å². The molecule has 0 bridgehead atoms. The monoisotopic (exact) mass is 626 g/mol. The summed E-state index contributed by atoms with van der Waals surface area (Å²) in [5.74, 6) is -1.59. The maximum absolute atomic E-state index is 13.0. The molecule has 0 aliphatic heterocycles. The van der Waals surface area contributed by atoms with Crippen LogP contribution in [0.2, 0.25) is 0 Å². The summed E-state index contributed by atoms with van der Waals surface area (Å²) in [6.07, 6.45) is 0. The SMILES string of the molecule is CCOc1cc(-c2nn(-c3ccccc3)c(C(=O)OC)c2C(=O)OC)cc(I)c1OC(=O)c1ccccc1. The van der Waals surface area contributed by atoms with Gasteiger partial charge in [0, 0.05) is 5.56 Å². The second-order valence-corrected chi connectivity index (χ2v) is 8.94. The number of esters is 3. The number of rotatable bonds is 8. The number of carbonyl (C=O) groups excluding carboxylic acids is 3. The quantitative estimate of drug-likeness (QED) is 0.147. The molecule has 0 aliphatic carbocycles. The molecule has 0 fully saturated rings. The van der Waals surface area contributed by atoms with Crippen molar-refractivity contribution in [3.8, 4) is 28.4 Å². The van der Waals surface area contributed by atoms with E-state index in [0.29, 0.717) is 20.4 Å². The van der Waals surface area contributed by atoms with E-state index in [0.717, 1.165) is 0 Å². The first kappa shape index (κ1) is 26.9. The molecular weight excluding hydrogens is 603 g/mol. The summed E-state index contributed by atoms with van der Waals surface area (Å²) in [7, 11) is 2.44. The largest absolute Gasteiger partial charge is 0.490 e. The van der Waals surface area contributed by atoms with Crippen LogP contribution in [0.3, 0.4) is 0 Å². The standard InChI is InChI=1S/C28H23IN2O7/c1-4-37-21-16-18(15-20(29)25(21)38-26(32)17-11-7-5-8-12-17)23-22(27(33)35-2)24(28(34)36-3)31(30-23)19-13-9-6-10-14-19/h5-16H,4H2,1-3H3. The van der Waals surface area contributed by atoms with E-state index in [1.807, 2.05) is 28.7 Å². The van der Waals surface area contributed by atoms with Gasteiger partial charge in [0.2, 0.25) is 0 Å². The van der Waals surface area contributed by atoms with Crippen LogP contribution in [0, 0.1) is 3.57 Å². The van der Waals surface area contributed by atoms with Gasteiger partial charge in [-0.2, -0.15) is 5.10 Å². The molecule has 194 valence electrons. The number of benzene rings is 3. The molecule has 9 nitrogen and oxygen atoms in total. The lowest BCUT2D eigenvalue weighted by atomic mass is 10.0. The summed E-state index contributed by atoms with van der Waals surface area (Å²) in [5.41, 5.74) is 1.37. The average molecular weight is 626 g/mol. The molecule has 0 amide bonds. The number of methoxy groups -OCH3 is 2. The van der Waals surface area contributed by atoms with E-state index < -0.39 is 17.9 Å². The van der Waals surface area contributed by atoms with Gasteiger partial charge in [-0.15, -0.1) is 0 Å². The number of carbonyl (C=O) groups is 3. The summed E-state index contributed by atoms with van der Waals surface area (Å²) in [4.78, 5) is 38.6. The molecule has 38 heavy (non-hydrogen) atoms. The highest BCUT2D eigenvalue weighted by Gasteiger charge is 2.32. The summed E-state index contributed by atoms with van der Waals surface area (Å²) in [6, 6.07) is 20.7. The van der Waals surface area contributed by atoms with E-state index >= 15 is 0 Å². The van der Waals surface area contributed by atoms with Crippen molar-refractivity contribution in [3.63, 3.8) is 0 Å². The van der Waals surface area contributed by atoms with Gasteiger partial charge in [-0.25, -0.2) is 19.1 Å². The van der Waals surface area contributed by atoms with Crippen molar-refractivity contribution in [2.45, 2.75) is 6.92 Å². The number of aromatic nitrogens is 2. The molecule has 0 unspecified atom stereocenters. The van der Waals surface area contributed by atoms with Crippen molar-refractivity contribution >= 4 is 40.5 Å². The molecule has 0 N–H and O–H groups in total. The minimum atomic E-state index is -0.768. The molecule has 0 saturated heterocycles. The molecular formula is C28H23IN2O7. The van der Waals surface area contributed by atoms with E-state index in [2.05, 4.69) is 5.10 Å². The van der Waals surface area contributed by atoms with E-state index in [-0.39, 0.29) is 35.1 Å². The lowest BCUT2D eigenvalue weighted by molar-refractivity contribution is 0.0549. The molecule has 10 heteroatoms. The third kappa shape index (κ3) is 5.40. The molecule has 0 radical (unpaired) electrons. The Bertz CT molecular complexity index is 1480. The van der Waals surface area contributed by atoms with Gasteiger partial charge >= 0.3 is 17.9 Å².